The largest absolute Gasteiger partial charge is 0.352 e. The van der Waals surface area contributed by atoms with Gasteiger partial charge >= 0.3 is 0 Å². The van der Waals surface area contributed by atoms with Crippen LogP contribution in [0.15, 0.2) is 41.4 Å². The summed E-state index contributed by atoms with van der Waals surface area (Å²) in [5.74, 6) is 1.10. The highest BCUT2D eigenvalue weighted by molar-refractivity contribution is 7.11. The van der Waals surface area contributed by atoms with Crippen molar-refractivity contribution in [1.29, 1.82) is 0 Å². The maximum atomic E-state index is 12.3. The fourth-order valence-electron chi connectivity index (χ4n) is 3.48. The van der Waals surface area contributed by atoms with Crippen LogP contribution in [-0.4, -0.2) is 18.9 Å². The van der Waals surface area contributed by atoms with Gasteiger partial charge in [0, 0.05) is 35.0 Å². The number of thiophene rings is 1. The van der Waals surface area contributed by atoms with Gasteiger partial charge in [-0.25, -0.2) is 0 Å². The van der Waals surface area contributed by atoms with Gasteiger partial charge in [-0.2, -0.15) is 0 Å². The highest BCUT2D eigenvalue weighted by Gasteiger charge is 2.22. The van der Waals surface area contributed by atoms with Gasteiger partial charge < -0.3 is 16.0 Å². The quantitative estimate of drug-likeness (QED) is 0.481. The Morgan fingerprint density at radius 3 is 2.57 bits per heavy atom. The number of anilines is 1. The van der Waals surface area contributed by atoms with E-state index >= 15 is 0 Å². The fraction of sp³-hybridized carbons (Fsp3) is 0.455. The minimum absolute atomic E-state index is 0.155. The van der Waals surface area contributed by atoms with Crippen LogP contribution in [0.3, 0.4) is 0 Å². The number of benzene rings is 1. The Hall–Kier alpha value is -2.34. The number of aliphatic imine (C=N–C) groups is 1. The number of amides is 1. The van der Waals surface area contributed by atoms with Gasteiger partial charge in [0.25, 0.3) is 0 Å². The molecule has 6 heteroatoms. The second kappa shape index (κ2) is 10.3. The lowest BCUT2D eigenvalue weighted by Gasteiger charge is -2.13. The molecule has 0 aliphatic heterocycles. The highest BCUT2D eigenvalue weighted by atomic mass is 32.1. The third kappa shape index (κ3) is 5.83. The molecule has 1 aromatic heterocycles. The monoisotopic (exact) mass is 398 g/mol. The minimum atomic E-state index is 0.155. The molecule has 1 aromatic carbocycles. The van der Waals surface area contributed by atoms with Crippen LogP contribution in [0.25, 0.3) is 0 Å². The standard InChI is InChI=1S/C22H30N4OS/c1-3-19-11-12-20(28-19)15-25-22(23-2)24-14-16-7-6-10-18(13-16)26-21(27)17-8-4-5-9-17/h6-7,10-13,17H,3-5,8-9,14-15H2,1-2H3,(H,26,27)(H2,23,24,25). The maximum absolute atomic E-state index is 12.3. The Labute approximate surface area is 171 Å². The van der Waals surface area contributed by atoms with Crippen molar-refractivity contribution in [3.05, 3.63) is 51.7 Å². The van der Waals surface area contributed by atoms with Crippen LogP contribution in [0.4, 0.5) is 5.69 Å². The third-order valence-corrected chi connectivity index (χ3v) is 6.33. The Morgan fingerprint density at radius 2 is 1.86 bits per heavy atom. The number of nitrogens with one attached hydrogen (secondary N) is 3. The van der Waals surface area contributed by atoms with Gasteiger partial charge in [-0.05, 0) is 49.1 Å². The summed E-state index contributed by atoms with van der Waals surface area (Å²) in [6.07, 6.45) is 5.43. The second-order valence-electron chi connectivity index (χ2n) is 7.17. The molecule has 1 heterocycles. The van der Waals surface area contributed by atoms with Crippen LogP contribution in [0.2, 0.25) is 0 Å². The van der Waals surface area contributed by atoms with Crippen LogP contribution in [-0.2, 0) is 24.3 Å². The topological polar surface area (TPSA) is 65.5 Å². The average molecular weight is 399 g/mol. The van der Waals surface area contributed by atoms with Gasteiger partial charge in [0.1, 0.15) is 0 Å². The molecule has 3 rings (SSSR count). The first-order chi connectivity index (χ1) is 13.7. The number of nitrogens with zero attached hydrogens (tertiary/aromatic N) is 1. The summed E-state index contributed by atoms with van der Waals surface area (Å²) in [7, 11) is 1.78. The number of carbonyl (C=O) groups excluding carboxylic acids is 1. The van der Waals surface area contributed by atoms with E-state index in [-0.39, 0.29) is 11.8 Å². The summed E-state index contributed by atoms with van der Waals surface area (Å²) in [5, 5.41) is 9.77. The van der Waals surface area contributed by atoms with Gasteiger partial charge in [0.05, 0.1) is 6.54 Å². The van der Waals surface area contributed by atoms with E-state index in [4.69, 9.17) is 0 Å². The summed E-state index contributed by atoms with van der Waals surface area (Å²) >= 11 is 1.83. The summed E-state index contributed by atoms with van der Waals surface area (Å²) in [6, 6.07) is 12.4. The summed E-state index contributed by atoms with van der Waals surface area (Å²) in [5.41, 5.74) is 1.97. The molecule has 0 saturated heterocycles. The lowest BCUT2D eigenvalue weighted by Crippen LogP contribution is -2.36. The molecule has 0 spiro atoms. The molecule has 0 atom stereocenters. The average Bonchev–Trinajstić information content (AvgIpc) is 3.40. The van der Waals surface area contributed by atoms with E-state index < -0.39 is 0 Å². The maximum Gasteiger partial charge on any atom is 0.227 e. The molecule has 28 heavy (non-hydrogen) atoms. The smallest absolute Gasteiger partial charge is 0.227 e. The molecule has 0 bridgehead atoms. The molecule has 0 unspecified atom stereocenters. The zero-order valence-corrected chi connectivity index (χ0v) is 17.6. The van der Waals surface area contributed by atoms with Crippen LogP contribution in [0.1, 0.15) is 47.9 Å². The van der Waals surface area contributed by atoms with E-state index in [1.54, 1.807) is 7.05 Å². The zero-order valence-electron chi connectivity index (χ0n) is 16.8. The molecule has 150 valence electrons. The van der Waals surface area contributed by atoms with Crippen LogP contribution in [0, 0.1) is 5.92 Å². The SMILES string of the molecule is CCc1ccc(CNC(=NC)NCc2cccc(NC(=O)C3CCCC3)c2)s1. The Bertz CT molecular complexity index is 808. The molecule has 3 N–H and O–H groups in total. The molecule has 2 aromatic rings. The normalized spacial score (nSPS) is 14.9. The lowest BCUT2D eigenvalue weighted by atomic mass is 10.1. The van der Waals surface area contributed by atoms with E-state index in [0.29, 0.717) is 6.54 Å². The van der Waals surface area contributed by atoms with E-state index in [1.165, 1.54) is 22.6 Å². The van der Waals surface area contributed by atoms with Crippen molar-refractivity contribution in [1.82, 2.24) is 10.6 Å². The van der Waals surface area contributed by atoms with Gasteiger partial charge in [0.2, 0.25) is 5.91 Å². The number of hydrogen-bond acceptors (Lipinski definition) is 3. The summed E-state index contributed by atoms with van der Waals surface area (Å²) in [6.45, 7) is 3.59. The van der Waals surface area contributed by atoms with Crippen molar-refractivity contribution in [3.8, 4) is 0 Å². The first kappa shape index (κ1) is 20.4. The van der Waals surface area contributed by atoms with Gasteiger partial charge in [-0.3, -0.25) is 9.79 Å². The fourth-order valence-corrected chi connectivity index (χ4v) is 4.37. The van der Waals surface area contributed by atoms with Gasteiger partial charge in [-0.1, -0.05) is 31.9 Å². The van der Waals surface area contributed by atoms with Crippen molar-refractivity contribution < 1.29 is 4.79 Å². The molecule has 1 saturated carbocycles. The Balaban J connectivity index is 1.49. The molecule has 1 aliphatic carbocycles. The van der Waals surface area contributed by atoms with E-state index in [2.05, 4.69) is 46.1 Å². The molecule has 0 radical (unpaired) electrons. The van der Waals surface area contributed by atoms with E-state index in [1.807, 2.05) is 29.5 Å². The van der Waals surface area contributed by atoms with Crippen LogP contribution < -0.4 is 16.0 Å². The lowest BCUT2D eigenvalue weighted by molar-refractivity contribution is -0.119. The zero-order chi connectivity index (χ0) is 19.8. The highest BCUT2D eigenvalue weighted by Crippen LogP contribution is 2.26. The molecular formula is C22H30N4OS. The second-order valence-corrected chi connectivity index (χ2v) is 8.42. The Kier molecular flexibility index (Phi) is 7.48. The minimum Gasteiger partial charge on any atom is -0.352 e. The summed E-state index contributed by atoms with van der Waals surface area (Å²) in [4.78, 5) is 19.3. The molecule has 5 nitrogen and oxygen atoms in total. The predicted octanol–water partition coefficient (Wildman–Crippen LogP) is 4.30. The third-order valence-electron chi connectivity index (χ3n) is 5.10. The number of rotatable bonds is 7. The number of aryl methyl sites for hydroxylation is 1. The first-order valence-corrected chi connectivity index (χ1v) is 10.9. The van der Waals surface area contributed by atoms with Crippen LogP contribution >= 0.6 is 11.3 Å². The van der Waals surface area contributed by atoms with Crippen molar-refractivity contribution in [2.75, 3.05) is 12.4 Å². The van der Waals surface area contributed by atoms with Crippen molar-refractivity contribution in [2.45, 2.75) is 52.1 Å². The van der Waals surface area contributed by atoms with Crippen molar-refractivity contribution in [2.24, 2.45) is 10.9 Å². The number of hydrogen-bond donors (Lipinski definition) is 3. The first-order valence-electron chi connectivity index (χ1n) is 10.1. The van der Waals surface area contributed by atoms with E-state index in [0.717, 1.165) is 43.0 Å². The van der Waals surface area contributed by atoms with Gasteiger partial charge in [-0.15, -0.1) is 11.3 Å². The Morgan fingerprint density at radius 1 is 1.11 bits per heavy atom. The molecule has 1 amide bonds. The van der Waals surface area contributed by atoms with Crippen LogP contribution in [0.5, 0.6) is 0 Å². The molecule has 1 fully saturated rings. The van der Waals surface area contributed by atoms with Crippen molar-refractivity contribution >= 4 is 28.9 Å². The molecule has 1 aliphatic rings. The predicted molar refractivity (Wildman–Crippen MR) is 118 cm³/mol. The summed E-state index contributed by atoms with van der Waals surface area (Å²) < 4.78 is 0. The molecular weight excluding hydrogens is 368 g/mol. The van der Waals surface area contributed by atoms with Gasteiger partial charge in [0.15, 0.2) is 5.96 Å². The number of carbonyl (C=O) groups is 1. The number of guanidine groups is 1. The van der Waals surface area contributed by atoms with Crippen molar-refractivity contribution in [3.63, 3.8) is 0 Å². The van der Waals surface area contributed by atoms with E-state index in [9.17, 15) is 4.79 Å².